The van der Waals surface area contributed by atoms with Crippen LogP contribution < -0.4 is 0 Å². The van der Waals surface area contributed by atoms with Gasteiger partial charge in [0.25, 0.3) is 0 Å². The van der Waals surface area contributed by atoms with E-state index in [1.54, 1.807) is 11.8 Å². The molecule has 1 saturated heterocycles. The molecule has 0 aromatic carbocycles. The number of hydrogen-bond acceptors (Lipinski definition) is 4. The molecule has 0 bridgehead atoms. The zero-order valence-corrected chi connectivity index (χ0v) is 8.77. The summed E-state index contributed by atoms with van der Waals surface area (Å²) in [6, 6.07) is 0. The molecule has 3 nitrogen and oxygen atoms in total. The van der Waals surface area contributed by atoms with Crippen LogP contribution in [-0.4, -0.2) is 36.8 Å². The summed E-state index contributed by atoms with van der Waals surface area (Å²) >= 11 is 1.69. The van der Waals surface area contributed by atoms with E-state index in [4.69, 9.17) is 9.47 Å². The number of carbonyl (C=O) groups excluding carboxylic acids is 1. The van der Waals surface area contributed by atoms with E-state index in [-0.39, 0.29) is 5.97 Å². The van der Waals surface area contributed by atoms with E-state index in [2.05, 4.69) is 0 Å². The van der Waals surface area contributed by atoms with E-state index in [9.17, 15) is 4.79 Å². The second-order valence-corrected chi connectivity index (χ2v) is 4.22. The standard InChI is InChI=1S/C9H16O3S/c1-2-12-9(10)7-13-8-3-5-11-6-4-8/h8H,2-7H2,1H3. The molecule has 0 aliphatic carbocycles. The van der Waals surface area contributed by atoms with E-state index in [1.165, 1.54) is 0 Å². The number of esters is 1. The smallest absolute Gasteiger partial charge is 0.315 e. The lowest BCUT2D eigenvalue weighted by Crippen LogP contribution is -2.19. The van der Waals surface area contributed by atoms with Gasteiger partial charge in [-0.2, -0.15) is 0 Å². The van der Waals surface area contributed by atoms with E-state index < -0.39 is 0 Å². The lowest BCUT2D eigenvalue weighted by atomic mass is 10.2. The molecule has 1 rings (SSSR count). The van der Waals surface area contributed by atoms with Gasteiger partial charge in [-0.1, -0.05) is 0 Å². The summed E-state index contributed by atoms with van der Waals surface area (Å²) in [6.45, 7) is 3.98. The maximum absolute atomic E-state index is 11.0. The maximum Gasteiger partial charge on any atom is 0.315 e. The monoisotopic (exact) mass is 204 g/mol. The van der Waals surface area contributed by atoms with Crippen LogP contribution in [0, 0.1) is 0 Å². The Labute approximate surface area is 83.2 Å². The molecule has 1 aliphatic rings. The van der Waals surface area contributed by atoms with Crippen LogP contribution in [0.25, 0.3) is 0 Å². The zero-order chi connectivity index (χ0) is 9.52. The van der Waals surface area contributed by atoms with Gasteiger partial charge < -0.3 is 9.47 Å². The van der Waals surface area contributed by atoms with Gasteiger partial charge in [-0.15, -0.1) is 11.8 Å². The topological polar surface area (TPSA) is 35.5 Å². The third kappa shape index (κ3) is 4.52. The highest BCUT2D eigenvalue weighted by Gasteiger charge is 2.15. The fourth-order valence-corrected chi connectivity index (χ4v) is 2.21. The lowest BCUT2D eigenvalue weighted by Gasteiger charge is -2.20. The minimum atomic E-state index is -0.0982. The molecule has 0 radical (unpaired) electrons. The average Bonchev–Trinajstić information content (AvgIpc) is 2.17. The predicted octanol–water partition coefficient (Wildman–Crippen LogP) is 1.46. The van der Waals surface area contributed by atoms with E-state index in [1.807, 2.05) is 6.92 Å². The molecule has 1 fully saturated rings. The molecule has 0 atom stereocenters. The van der Waals surface area contributed by atoms with Crippen molar-refractivity contribution < 1.29 is 14.3 Å². The fourth-order valence-electron chi connectivity index (χ4n) is 1.23. The van der Waals surface area contributed by atoms with E-state index >= 15 is 0 Å². The Morgan fingerprint density at radius 3 is 2.85 bits per heavy atom. The van der Waals surface area contributed by atoms with Crippen molar-refractivity contribution in [1.82, 2.24) is 0 Å². The Balaban J connectivity index is 2.06. The van der Waals surface area contributed by atoms with Gasteiger partial charge in [-0.25, -0.2) is 0 Å². The van der Waals surface area contributed by atoms with Crippen molar-refractivity contribution in [2.24, 2.45) is 0 Å². The molecular formula is C9H16O3S. The Hall–Kier alpha value is -0.220. The highest BCUT2D eigenvalue weighted by molar-refractivity contribution is 8.00. The molecule has 0 saturated carbocycles. The molecule has 0 N–H and O–H groups in total. The molecule has 4 heteroatoms. The van der Waals surface area contributed by atoms with Gasteiger partial charge in [0.15, 0.2) is 0 Å². The van der Waals surface area contributed by atoms with Crippen LogP contribution in [-0.2, 0) is 14.3 Å². The van der Waals surface area contributed by atoms with E-state index in [0.717, 1.165) is 26.1 Å². The second-order valence-electron chi connectivity index (χ2n) is 2.93. The van der Waals surface area contributed by atoms with Gasteiger partial charge in [0.05, 0.1) is 12.4 Å². The first kappa shape index (κ1) is 10.9. The zero-order valence-electron chi connectivity index (χ0n) is 7.95. The minimum Gasteiger partial charge on any atom is -0.465 e. The predicted molar refractivity (Wildman–Crippen MR) is 52.9 cm³/mol. The van der Waals surface area contributed by atoms with Crippen LogP contribution in [0.5, 0.6) is 0 Å². The average molecular weight is 204 g/mol. The molecule has 0 spiro atoms. The maximum atomic E-state index is 11.0. The summed E-state index contributed by atoms with van der Waals surface area (Å²) in [5.41, 5.74) is 0. The fraction of sp³-hybridized carbons (Fsp3) is 0.889. The Kier molecular flexibility index (Phi) is 5.23. The van der Waals surface area contributed by atoms with Crippen molar-refractivity contribution in [3.63, 3.8) is 0 Å². The van der Waals surface area contributed by atoms with Gasteiger partial charge in [-0.3, -0.25) is 4.79 Å². The summed E-state index contributed by atoms with van der Waals surface area (Å²) in [5, 5.41) is 0.582. The van der Waals surface area contributed by atoms with Crippen LogP contribution in [0.2, 0.25) is 0 Å². The Morgan fingerprint density at radius 2 is 2.23 bits per heavy atom. The molecule has 13 heavy (non-hydrogen) atoms. The van der Waals surface area contributed by atoms with E-state index in [0.29, 0.717) is 17.6 Å². The van der Waals surface area contributed by atoms with Crippen molar-refractivity contribution >= 4 is 17.7 Å². The first-order chi connectivity index (χ1) is 6.33. The van der Waals surface area contributed by atoms with Gasteiger partial charge in [-0.05, 0) is 19.8 Å². The summed E-state index contributed by atoms with van der Waals surface area (Å²) in [6.07, 6.45) is 2.12. The van der Waals surface area contributed by atoms with Crippen molar-refractivity contribution in [1.29, 1.82) is 0 Å². The van der Waals surface area contributed by atoms with Crippen LogP contribution in [0.15, 0.2) is 0 Å². The largest absolute Gasteiger partial charge is 0.465 e. The highest BCUT2D eigenvalue weighted by atomic mass is 32.2. The molecule has 76 valence electrons. The third-order valence-corrected chi connectivity index (χ3v) is 3.26. The highest BCUT2D eigenvalue weighted by Crippen LogP contribution is 2.21. The SMILES string of the molecule is CCOC(=O)CSC1CCOCC1. The Morgan fingerprint density at radius 1 is 1.54 bits per heavy atom. The van der Waals surface area contributed by atoms with Gasteiger partial charge >= 0.3 is 5.97 Å². The van der Waals surface area contributed by atoms with Crippen LogP contribution in [0.3, 0.4) is 0 Å². The number of rotatable bonds is 4. The first-order valence-electron chi connectivity index (χ1n) is 4.68. The molecule has 0 unspecified atom stereocenters. The Bertz CT molecular complexity index is 155. The molecule has 0 aromatic heterocycles. The summed E-state index contributed by atoms with van der Waals surface area (Å²) in [5.74, 6) is 0.386. The lowest BCUT2D eigenvalue weighted by molar-refractivity contribution is -0.139. The molecular weight excluding hydrogens is 188 g/mol. The molecule has 0 amide bonds. The summed E-state index contributed by atoms with van der Waals surface area (Å²) < 4.78 is 10.1. The summed E-state index contributed by atoms with van der Waals surface area (Å²) in [7, 11) is 0. The molecule has 1 heterocycles. The quantitative estimate of drug-likeness (QED) is 0.649. The number of ether oxygens (including phenoxy) is 2. The third-order valence-electron chi connectivity index (χ3n) is 1.91. The van der Waals surface area contributed by atoms with Crippen LogP contribution in [0.1, 0.15) is 19.8 Å². The van der Waals surface area contributed by atoms with Crippen LogP contribution in [0.4, 0.5) is 0 Å². The number of thioether (sulfide) groups is 1. The summed E-state index contributed by atoms with van der Waals surface area (Å²) in [4.78, 5) is 11.0. The molecule has 1 aliphatic heterocycles. The number of carbonyl (C=O) groups is 1. The second kappa shape index (κ2) is 6.27. The normalized spacial score (nSPS) is 18.5. The van der Waals surface area contributed by atoms with Gasteiger partial charge in [0, 0.05) is 18.5 Å². The molecule has 0 aromatic rings. The van der Waals surface area contributed by atoms with Gasteiger partial charge in [0.2, 0.25) is 0 Å². The number of hydrogen-bond donors (Lipinski definition) is 0. The van der Waals surface area contributed by atoms with Gasteiger partial charge in [0.1, 0.15) is 0 Å². The van der Waals surface area contributed by atoms with Crippen molar-refractivity contribution in [3.8, 4) is 0 Å². The van der Waals surface area contributed by atoms with Crippen molar-refractivity contribution in [2.75, 3.05) is 25.6 Å². The minimum absolute atomic E-state index is 0.0982. The van der Waals surface area contributed by atoms with Crippen molar-refractivity contribution in [3.05, 3.63) is 0 Å². The van der Waals surface area contributed by atoms with Crippen LogP contribution >= 0.6 is 11.8 Å². The van der Waals surface area contributed by atoms with Crippen molar-refractivity contribution in [2.45, 2.75) is 25.0 Å². The first-order valence-corrected chi connectivity index (χ1v) is 5.72.